The van der Waals surface area contributed by atoms with Gasteiger partial charge in [-0.05, 0) is 44.3 Å². The number of halogens is 2. The minimum atomic E-state index is -0.978. The monoisotopic (exact) mass is 361 g/mol. The molecule has 0 bridgehead atoms. The molecule has 1 fully saturated rings. The number of amides is 1. The van der Waals surface area contributed by atoms with Crippen LogP contribution in [0.1, 0.15) is 32.3 Å². The Morgan fingerprint density at radius 2 is 1.83 bits per heavy atom. The van der Waals surface area contributed by atoms with Crippen LogP contribution in [0.15, 0.2) is 30.3 Å². The van der Waals surface area contributed by atoms with E-state index in [1.807, 2.05) is 30.3 Å². The molecule has 0 saturated carbocycles. The molecule has 1 aliphatic rings. The van der Waals surface area contributed by atoms with Crippen LogP contribution in [-0.2, 0) is 10.3 Å². The first-order chi connectivity index (χ1) is 10.00. The summed E-state index contributed by atoms with van der Waals surface area (Å²) in [6.45, 7) is 8.05. The molecule has 2 rings (SSSR count). The SMILES string of the molecule is CC(CNC(=O)C(C)(N)c1ccccc1)CN1CCCC1.Cl.Cl. The Balaban J connectivity index is 0.00000242. The van der Waals surface area contributed by atoms with Gasteiger partial charge in [0.2, 0.25) is 5.91 Å². The lowest BCUT2D eigenvalue weighted by Gasteiger charge is -2.26. The number of hydrogen-bond acceptors (Lipinski definition) is 3. The molecule has 3 N–H and O–H groups in total. The Morgan fingerprint density at radius 3 is 2.39 bits per heavy atom. The van der Waals surface area contributed by atoms with E-state index in [0.717, 1.165) is 12.1 Å². The van der Waals surface area contributed by atoms with E-state index in [0.29, 0.717) is 12.5 Å². The summed E-state index contributed by atoms with van der Waals surface area (Å²) < 4.78 is 0. The molecule has 2 atom stereocenters. The lowest BCUT2D eigenvalue weighted by Crippen LogP contribution is -2.50. The van der Waals surface area contributed by atoms with Crippen molar-refractivity contribution in [2.24, 2.45) is 11.7 Å². The van der Waals surface area contributed by atoms with E-state index < -0.39 is 5.54 Å². The Kier molecular flexibility index (Phi) is 9.78. The summed E-state index contributed by atoms with van der Waals surface area (Å²) in [4.78, 5) is 14.8. The van der Waals surface area contributed by atoms with Crippen molar-refractivity contribution in [2.45, 2.75) is 32.2 Å². The van der Waals surface area contributed by atoms with Crippen molar-refractivity contribution in [1.29, 1.82) is 0 Å². The molecule has 1 aliphatic heterocycles. The highest BCUT2D eigenvalue weighted by Gasteiger charge is 2.30. The molecule has 0 spiro atoms. The molecule has 6 heteroatoms. The molecule has 2 unspecified atom stereocenters. The van der Waals surface area contributed by atoms with Crippen LogP contribution in [0.4, 0.5) is 0 Å². The van der Waals surface area contributed by atoms with E-state index in [1.165, 1.54) is 25.9 Å². The molecule has 0 radical (unpaired) electrons. The van der Waals surface area contributed by atoms with Gasteiger partial charge in [0.15, 0.2) is 0 Å². The van der Waals surface area contributed by atoms with Gasteiger partial charge in [-0.2, -0.15) is 0 Å². The van der Waals surface area contributed by atoms with Gasteiger partial charge in [0.1, 0.15) is 5.54 Å². The van der Waals surface area contributed by atoms with Gasteiger partial charge in [0.25, 0.3) is 0 Å². The lowest BCUT2D eigenvalue weighted by molar-refractivity contribution is -0.126. The number of likely N-dealkylation sites (tertiary alicyclic amines) is 1. The van der Waals surface area contributed by atoms with E-state index in [1.54, 1.807) is 6.92 Å². The second kappa shape index (κ2) is 10.1. The summed E-state index contributed by atoms with van der Waals surface area (Å²) in [6.07, 6.45) is 2.60. The van der Waals surface area contributed by atoms with Crippen LogP contribution in [0.2, 0.25) is 0 Å². The van der Waals surface area contributed by atoms with Gasteiger partial charge in [-0.3, -0.25) is 4.79 Å². The van der Waals surface area contributed by atoms with Gasteiger partial charge >= 0.3 is 0 Å². The molecule has 1 amide bonds. The van der Waals surface area contributed by atoms with Gasteiger partial charge in [-0.25, -0.2) is 0 Å². The molecular formula is C17H29Cl2N3O. The van der Waals surface area contributed by atoms with E-state index >= 15 is 0 Å². The summed E-state index contributed by atoms with van der Waals surface area (Å²) in [7, 11) is 0. The van der Waals surface area contributed by atoms with Crippen LogP contribution >= 0.6 is 24.8 Å². The van der Waals surface area contributed by atoms with E-state index in [2.05, 4.69) is 17.1 Å². The molecule has 1 aromatic rings. The molecule has 1 heterocycles. The number of carbonyl (C=O) groups excluding carboxylic acids is 1. The predicted molar refractivity (Wildman–Crippen MR) is 100 cm³/mol. The van der Waals surface area contributed by atoms with Crippen molar-refractivity contribution in [3.8, 4) is 0 Å². The smallest absolute Gasteiger partial charge is 0.244 e. The van der Waals surface area contributed by atoms with Crippen molar-refractivity contribution in [2.75, 3.05) is 26.2 Å². The van der Waals surface area contributed by atoms with E-state index in [9.17, 15) is 4.79 Å². The van der Waals surface area contributed by atoms with Crippen LogP contribution < -0.4 is 11.1 Å². The number of nitrogens with two attached hydrogens (primary N) is 1. The standard InChI is InChI=1S/C17H27N3O.2ClH/c1-14(13-20-10-6-7-11-20)12-19-16(21)17(2,18)15-8-4-3-5-9-15;;/h3-5,8-9,14H,6-7,10-13,18H2,1-2H3,(H,19,21);2*1H. The molecule has 0 aromatic heterocycles. The fraction of sp³-hybridized carbons (Fsp3) is 0.588. The van der Waals surface area contributed by atoms with Crippen LogP contribution in [0.5, 0.6) is 0 Å². The van der Waals surface area contributed by atoms with E-state index in [4.69, 9.17) is 5.73 Å². The average molecular weight is 362 g/mol. The van der Waals surface area contributed by atoms with Gasteiger partial charge < -0.3 is 16.0 Å². The zero-order valence-corrected chi connectivity index (χ0v) is 15.6. The van der Waals surface area contributed by atoms with Crippen molar-refractivity contribution in [1.82, 2.24) is 10.2 Å². The minimum Gasteiger partial charge on any atom is -0.354 e. The normalized spacial score (nSPS) is 18.2. The number of hydrogen-bond donors (Lipinski definition) is 2. The first-order valence-corrected chi connectivity index (χ1v) is 7.85. The van der Waals surface area contributed by atoms with Gasteiger partial charge in [0, 0.05) is 13.1 Å². The van der Waals surface area contributed by atoms with Crippen molar-refractivity contribution >= 4 is 30.7 Å². The lowest BCUT2D eigenvalue weighted by atomic mass is 9.92. The third-order valence-electron chi connectivity index (χ3n) is 4.22. The molecule has 1 saturated heterocycles. The first-order valence-electron chi connectivity index (χ1n) is 7.85. The largest absolute Gasteiger partial charge is 0.354 e. The zero-order valence-electron chi connectivity index (χ0n) is 14.0. The fourth-order valence-corrected chi connectivity index (χ4v) is 2.84. The van der Waals surface area contributed by atoms with Crippen LogP contribution in [0.25, 0.3) is 0 Å². The van der Waals surface area contributed by atoms with Crippen molar-refractivity contribution in [3.05, 3.63) is 35.9 Å². The van der Waals surface area contributed by atoms with Gasteiger partial charge in [-0.1, -0.05) is 37.3 Å². The maximum absolute atomic E-state index is 12.4. The topological polar surface area (TPSA) is 58.4 Å². The first kappa shape index (κ1) is 22.2. The Morgan fingerprint density at radius 1 is 1.26 bits per heavy atom. The van der Waals surface area contributed by atoms with Gasteiger partial charge in [-0.15, -0.1) is 24.8 Å². The van der Waals surface area contributed by atoms with Crippen LogP contribution in [0.3, 0.4) is 0 Å². The fourth-order valence-electron chi connectivity index (χ4n) is 2.84. The van der Waals surface area contributed by atoms with Crippen LogP contribution in [-0.4, -0.2) is 37.0 Å². The highest BCUT2D eigenvalue weighted by Crippen LogP contribution is 2.17. The highest BCUT2D eigenvalue weighted by atomic mass is 35.5. The summed E-state index contributed by atoms with van der Waals surface area (Å²) >= 11 is 0. The summed E-state index contributed by atoms with van der Waals surface area (Å²) in [6, 6.07) is 9.53. The molecule has 0 aliphatic carbocycles. The summed E-state index contributed by atoms with van der Waals surface area (Å²) in [5, 5.41) is 3.00. The van der Waals surface area contributed by atoms with Crippen molar-refractivity contribution < 1.29 is 4.79 Å². The highest BCUT2D eigenvalue weighted by molar-refractivity contribution is 5.87. The molecule has 23 heavy (non-hydrogen) atoms. The zero-order chi connectivity index (χ0) is 15.3. The second-order valence-corrected chi connectivity index (χ2v) is 6.39. The predicted octanol–water partition coefficient (Wildman–Crippen LogP) is 2.55. The number of nitrogens with zero attached hydrogens (tertiary/aromatic N) is 1. The number of rotatable bonds is 6. The van der Waals surface area contributed by atoms with Crippen LogP contribution in [0, 0.1) is 5.92 Å². The minimum absolute atomic E-state index is 0. The van der Waals surface area contributed by atoms with Gasteiger partial charge in [0.05, 0.1) is 0 Å². The van der Waals surface area contributed by atoms with E-state index in [-0.39, 0.29) is 30.7 Å². The molecule has 1 aromatic carbocycles. The maximum atomic E-state index is 12.4. The summed E-state index contributed by atoms with van der Waals surface area (Å²) in [5.74, 6) is 0.334. The Bertz CT molecular complexity index is 462. The number of nitrogens with one attached hydrogen (secondary N) is 1. The molecule has 4 nitrogen and oxygen atoms in total. The third kappa shape index (κ3) is 6.30. The number of carbonyl (C=O) groups is 1. The Hall–Kier alpha value is -0.810. The van der Waals surface area contributed by atoms with Crippen molar-refractivity contribution in [3.63, 3.8) is 0 Å². The quantitative estimate of drug-likeness (QED) is 0.818. The second-order valence-electron chi connectivity index (χ2n) is 6.39. The third-order valence-corrected chi connectivity index (χ3v) is 4.22. The average Bonchev–Trinajstić information content (AvgIpc) is 2.98. The molecular weight excluding hydrogens is 333 g/mol. The summed E-state index contributed by atoms with van der Waals surface area (Å²) in [5.41, 5.74) is 6.07. The molecule has 132 valence electrons. The number of benzene rings is 1. The maximum Gasteiger partial charge on any atom is 0.244 e. The Labute approximate surface area is 152 Å².